The molecule has 4 nitrogen and oxygen atoms in total. The molecule has 0 radical (unpaired) electrons. The molecule has 51 heavy (non-hydrogen) atoms. The van der Waals surface area contributed by atoms with E-state index in [0.29, 0.717) is 11.4 Å². The molecular formula is C47H33N3O. The lowest BCUT2D eigenvalue weighted by Crippen LogP contribution is -2.28. The molecule has 0 bridgehead atoms. The third-order valence-electron chi connectivity index (χ3n) is 11.1. The van der Waals surface area contributed by atoms with Crippen LogP contribution in [0.4, 0.5) is 0 Å². The van der Waals surface area contributed by atoms with Crippen LogP contribution in [0.2, 0.25) is 0 Å². The fourth-order valence-electron chi connectivity index (χ4n) is 8.63. The second kappa shape index (κ2) is 11.6. The number of fused-ring (bicyclic) bond motifs is 8. The third-order valence-corrected chi connectivity index (χ3v) is 11.1. The molecule has 0 atom stereocenters. The van der Waals surface area contributed by atoms with Crippen LogP contribution in [-0.2, 0) is 5.41 Å². The molecule has 8 aromatic rings. The second-order valence-corrected chi connectivity index (χ2v) is 14.0. The number of benzene rings is 6. The van der Waals surface area contributed by atoms with E-state index in [1.54, 1.807) is 0 Å². The SMILES string of the molecule is N#Cc1ccc2c(c1)-c1ccc(-c3cc(-c4ccc5c(c4)oc4ccccc45)nc(-c4ccc(-c5ccccc5)cc4)n3)cc1C21CCCCC1. The predicted molar refractivity (Wildman–Crippen MR) is 205 cm³/mol. The van der Waals surface area contributed by atoms with E-state index in [1.165, 1.54) is 47.1 Å². The van der Waals surface area contributed by atoms with E-state index in [0.717, 1.165) is 68.4 Å². The highest BCUT2D eigenvalue weighted by Gasteiger charge is 2.44. The summed E-state index contributed by atoms with van der Waals surface area (Å²) < 4.78 is 6.30. The topological polar surface area (TPSA) is 62.7 Å². The van der Waals surface area contributed by atoms with E-state index >= 15 is 0 Å². The maximum atomic E-state index is 9.75. The zero-order valence-electron chi connectivity index (χ0n) is 28.1. The summed E-state index contributed by atoms with van der Waals surface area (Å²) in [6.45, 7) is 0. The lowest BCUT2D eigenvalue weighted by molar-refractivity contribution is 0.353. The minimum atomic E-state index is -0.0365. The fraction of sp³-hybridized carbons (Fsp3) is 0.128. The smallest absolute Gasteiger partial charge is 0.160 e. The van der Waals surface area contributed by atoms with Crippen LogP contribution in [0.1, 0.15) is 48.8 Å². The Bertz CT molecular complexity index is 2680. The van der Waals surface area contributed by atoms with Gasteiger partial charge in [-0.15, -0.1) is 0 Å². The van der Waals surface area contributed by atoms with Crippen molar-refractivity contribution >= 4 is 21.9 Å². The molecule has 4 heteroatoms. The predicted octanol–water partition coefficient (Wildman–Crippen LogP) is 12.1. The Hall–Kier alpha value is -6.31. The van der Waals surface area contributed by atoms with Crippen molar-refractivity contribution in [3.63, 3.8) is 0 Å². The van der Waals surface area contributed by atoms with Crippen molar-refractivity contribution in [1.82, 2.24) is 9.97 Å². The van der Waals surface area contributed by atoms with E-state index in [4.69, 9.17) is 14.4 Å². The van der Waals surface area contributed by atoms with Crippen LogP contribution in [0, 0.1) is 11.3 Å². The third kappa shape index (κ3) is 4.81. The van der Waals surface area contributed by atoms with E-state index in [-0.39, 0.29) is 5.41 Å². The first-order valence-electron chi connectivity index (χ1n) is 17.8. The van der Waals surface area contributed by atoms with Crippen molar-refractivity contribution in [3.05, 3.63) is 156 Å². The Morgan fingerprint density at radius 3 is 1.98 bits per heavy atom. The minimum Gasteiger partial charge on any atom is -0.456 e. The maximum absolute atomic E-state index is 9.75. The Balaban J connectivity index is 1.14. The van der Waals surface area contributed by atoms with Gasteiger partial charge in [0.15, 0.2) is 5.82 Å². The number of aromatic nitrogens is 2. The van der Waals surface area contributed by atoms with Crippen LogP contribution in [-0.4, -0.2) is 9.97 Å². The molecule has 0 saturated heterocycles. The van der Waals surface area contributed by atoms with Crippen molar-refractivity contribution in [3.8, 4) is 62.2 Å². The molecule has 2 aliphatic rings. The monoisotopic (exact) mass is 655 g/mol. The quantitative estimate of drug-likeness (QED) is 0.189. The maximum Gasteiger partial charge on any atom is 0.160 e. The number of rotatable bonds is 4. The van der Waals surface area contributed by atoms with Gasteiger partial charge in [-0.1, -0.05) is 116 Å². The van der Waals surface area contributed by atoms with Crippen molar-refractivity contribution < 1.29 is 4.42 Å². The number of nitrogens with zero attached hydrogens (tertiary/aromatic N) is 3. The Morgan fingerprint density at radius 1 is 0.510 bits per heavy atom. The molecule has 0 N–H and O–H groups in total. The molecule has 2 heterocycles. The summed E-state index contributed by atoms with van der Waals surface area (Å²) in [5, 5.41) is 12.0. The van der Waals surface area contributed by atoms with Crippen LogP contribution >= 0.6 is 0 Å². The molecule has 0 amide bonds. The average molecular weight is 656 g/mol. The number of hydrogen-bond donors (Lipinski definition) is 0. The van der Waals surface area contributed by atoms with Gasteiger partial charge in [0.1, 0.15) is 11.2 Å². The molecule has 1 fully saturated rings. The number of furan rings is 1. The molecule has 6 aromatic carbocycles. The normalized spacial score (nSPS) is 14.4. The Morgan fingerprint density at radius 2 is 1.18 bits per heavy atom. The molecule has 0 unspecified atom stereocenters. The molecule has 1 saturated carbocycles. The van der Waals surface area contributed by atoms with Crippen molar-refractivity contribution in [2.45, 2.75) is 37.5 Å². The van der Waals surface area contributed by atoms with Gasteiger partial charge in [0, 0.05) is 32.9 Å². The zero-order chi connectivity index (χ0) is 33.9. The van der Waals surface area contributed by atoms with Gasteiger partial charge in [-0.3, -0.25) is 0 Å². The van der Waals surface area contributed by atoms with E-state index in [2.05, 4.69) is 115 Å². The number of nitriles is 1. The van der Waals surface area contributed by atoms with E-state index in [9.17, 15) is 5.26 Å². The van der Waals surface area contributed by atoms with Gasteiger partial charge < -0.3 is 4.42 Å². The summed E-state index contributed by atoms with van der Waals surface area (Å²) in [6.07, 6.45) is 5.91. The average Bonchev–Trinajstić information content (AvgIpc) is 3.70. The Kier molecular flexibility index (Phi) is 6.76. The lowest BCUT2D eigenvalue weighted by atomic mass is 9.67. The highest BCUT2D eigenvalue weighted by molar-refractivity contribution is 6.05. The van der Waals surface area contributed by atoms with Crippen molar-refractivity contribution in [1.29, 1.82) is 5.26 Å². The zero-order valence-corrected chi connectivity index (χ0v) is 28.1. The van der Waals surface area contributed by atoms with Crippen LogP contribution in [0.5, 0.6) is 0 Å². The van der Waals surface area contributed by atoms with E-state index < -0.39 is 0 Å². The van der Waals surface area contributed by atoms with Gasteiger partial charge in [-0.05, 0) is 88.7 Å². The molecule has 2 aliphatic carbocycles. The standard InChI is InChI=1S/C47H33N3O/c48-29-30-13-22-40-39(25-30)36-20-18-34(26-41(36)47(40)23-7-2-8-24-47)42-28-43(35-19-21-38-37-11-5-6-12-44(37)51-45(38)27-35)50-46(49-42)33-16-14-32(15-17-33)31-9-3-1-4-10-31/h1,3-6,9-22,25-28H,2,7-8,23-24H2. The lowest BCUT2D eigenvalue weighted by Gasteiger charge is -2.36. The van der Waals surface area contributed by atoms with Gasteiger partial charge in [-0.2, -0.15) is 5.26 Å². The van der Waals surface area contributed by atoms with E-state index in [1.807, 2.05) is 30.3 Å². The first-order valence-corrected chi connectivity index (χ1v) is 17.8. The molecular weight excluding hydrogens is 623 g/mol. The van der Waals surface area contributed by atoms with Gasteiger partial charge in [0.25, 0.3) is 0 Å². The molecule has 10 rings (SSSR count). The first-order chi connectivity index (χ1) is 25.2. The first kappa shape index (κ1) is 29.6. The summed E-state index contributed by atoms with van der Waals surface area (Å²) in [5.74, 6) is 0.682. The minimum absolute atomic E-state index is 0.0365. The highest BCUT2D eigenvalue weighted by Crippen LogP contribution is 2.56. The molecule has 0 aliphatic heterocycles. The van der Waals surface area contributed by atoms with Crippen LogP contribution in [0.3, 0.4) is 0 Å². The Labute approximate surface area is 296 Å². The van der Waals surface area contributed by atoms with Gasteiger partial charge in [-0.25, -0.2) is 9.97 Å². The summed E-state index contributed by atoms with van der Waals surface area (Å²) in [5.41, 5.74) is 14.7. The van der Waals surface area contributed by atoms with Gasteiger partial charge >= 0.3 is 0 Å². The summed E-state index contributed by atoms with van der Waals surface area (Å²) in [7, 11) is 0. The van der Waals surface area contributed by atoms with Gasteiger partial charge in [0.05, 0.1) is 23.0 Å². The van der Waals surface area contributed by atoms with Gasteiger partial charge in [0.2, 0.25) is 0 Å². The van der Waals surface area contributed by atoms with Crippen LogP contribution < -0.4 is 0 Å². The van der Waals surface area contributed by atoms with Crippen LogP contribution in [0.15, 0.2) is 144 Å². The largest absolute Gasteiger partial charge is 0.456 e. The molecule has 1 spiro atoms. The molecule has 242 valence electrons. The van der Waals surface area contributed by atoms with Crippen molar-refractivity contribution in [2.24, 2.45) is 0 Å². The number of hydrogen-bond acceptors (Lipinski definition) is 4. The second-order valence-electron chi connectivity index (χ2n) is 14.0. The summed E-state index contributed by atoms with van der Waals surface area (Å²) >= 11 is 0. The fourth-order valence-corrected chi connectivity index (χ4v) is 8.63. The summed E-state index contributed by atoms with van der Waals surface area (Å²) in [6, 6.07) is 51.1. The summed E-state index contributed by atoms with van der Waals surface area (Å²) in [4.78, 5) is 10.4. The number of para-hydroxylation sites is 1. The highest BCUT2D eigenvalue weighted by atomic mass is 16.3. The molecule has 2 aromatic heterocycles. The van der Waals surface area contributed by atoms with Crippen molar-refractivity contribution in [2.75, 3.05) is 0 Å². The van der Waals surface area contributed by atoms with Crippen LogP contribution in [0.25, 0.3) is 78.1 Å².